The Labute approximate surface area is 215 Å². The summed E-state index contributed by atoms with van der Waals surface area (Å²) in [7, 11) is -2.13. The van der Waals surface area contributed by atoms with E-state index in [1.165, 1.54) is 19.3 Å². The number of alkyl halides is 1. The Morgan fingerprint density at radius 2 is 1.83 bits per heavy atom. The Balaban J connectivity index is 1.85. The highest BCUT2D eigenvalue weighted by atomic mass is 35.5. The number of ether oxygens (including phenoxy) is 2. The second-order valence-corrected chi connectivity index (χ2v) is 11.0. The lowest BCUT2D eigenvalue weighted by Crippen LogP contribution is -2.26. The van der Waals surface area contributed by atoms with Gasteiger partial charge in [0.25, 0.3) is 0 Å². The molecule has 0 amide bonds. The third-order valence-corrected chi connectivity index (χ3v) is 7.00. The molecule has 0 fully saturated rings. The van der Waals surface area contributed by atoms with Crippen molar-refractivity contribution in [2.75, 3.05) is 30.1 Å². The Bertz CT molecular complexity index is 1360. The number of hydrogen-bond acceptors (Lipinski definition) is 7. The Morgan fingerprint density at radius 1 is 1.14 bits per heavy atom. The minimum Gasteiger partial charge on any atom is -0.489 e. The van der Waals surface area contributed by atoms with E-state index in [0.29, 0.717) is 22.1 Å². The van der Waals surface area contributed by atoms with Crippen LogP contribution in [0.15, 0.2) is 48.7 Å². The van der Waals surface area contributed by atoms with Gasteiger partial charge in [0.1, 0.15) is 18.4 Å². The predicted octanol–water partition coefficient (Wildman–Crippen LogP) is 5.13. The van der Waals surface area contributed by atoms with E-state index >= 15 is 0 Å². The zero-order chi connectivity index (χ0) is 25.8. The summed E-state index contributed by atoms with van der Waals surface area (Å²) < 4.78 is 35.8. The van der Waals surface area contributed by atoms with Crippen molar-refractivity contribution in [1.29, 1.82) is 5.26 Å². The molecule has 0 unspecified atom stereocenters. The van der Waals surface area contributed by atoms with Crippen molar-refractivity contribution in [3.63, 3.8) is 0 Å². The molecule has 3 rings (SSSR count). The summed E-state index contributed by atoms with van der Waals surface area (Å²) in [6.45, 7) is 4.29. The summed E-state index contributed by atoms with van der Waals surface area (Å²) in [5.41, 5.74) is 1.65. The summed E-state index contributed by atoms with van der Waals surface area (Å²) in [6, 6.07) is 14.6. The van der Waals surface area contributed by atoms with Crippen LogP contribution in [-0.4, -0.2) is 44.2 Å². The molecular formula is C24H24Cl2N4O4S. The second-order valence-electron chi connectivity index (χ2n) is 8.16. The maximum Gasteiger partial charge on any atom is 0.242 e. The maximum atomic E-state index is 11.7. The normalized spacial score (nSPS) is 11.6. The molecule has 0 aliphatic carbocycles. The van der Waals surface area contributed by atoms with Gasteiger partial charge in [-0.15, -0.1) is 11.6 Å². The molecule has 3 aromatic rings. The average molecular weight is 535 g/mol. The van der Waals surface area contributed by atoms with Crippen molar-refractivity contribution in [2.24, 2.45) is 0 Å². The largest absolute Gasteiger partial charge is 0.489 e. The van der Waals surface area contributed by atoms with E-state index in [1.807, 2.05) is 26.0 Å². The molecule has 1 heterocycles. The van der Waals surface area contributed by atoms with E-state index in [1.54, 1.807) is 24.3 Å². The lowest BCUT2D eigenvalue weighted by molar-refractivity contribution is 0.341. The first kappa shape index (κ1) is 26.5. The molecular weight excluding hydrogens is 511 g/mol. The third-order valence-electron chi connectivity index (χ3n) is 5.40. The van der Waals surface area contributed by atoms with E-state index in [-0.39, 0.29) is 24.3 Å². The molecule has 0 bridgehead atoms. The molecule has 0 aliphatic heterocycles. The molecule has 1 aromatic heterocycles. The molecule has 0 atom stereocenters. The van der Waals surface area contributed by atoms with Gasteiger partial charge in [-0.25, -0.2) is 17.7 Å². The molecule has 0 aliphatic rings. The number of hydrogen-bond donors (Lipinski definition) is 0. The highest BCUT2D eigenvalue weighted by Crippen LogP contribution is 2.38. The highest BCUT2D eigenvalue weighted by molar-refractivity contribution is 7.92. The van der Waals surface area contributed by atoms with Crippen molar-refractivity contribution in [2.45, 2.75) is 19.3 Å². The van der Waals surface area contributed by atoms with Crippen LogP contribution in [0.2, 0.25) is 5.02 Å². The van der Waals surface area contributed by atoms with Crippen LogP contribution in [-0.2, 0) is 15.4 Å². The van der Waals surface area contributed by atoms with Crippen LogP contribution in [0.25, 0.3) is 0 Å². The van der Waals surface area contributed by atoms with E-state index in [4.69, 9.17) is 32.7 Å². The van der Waals surface area contributed by atoms with Gasteiger partial charge in [-0.3, -0.25) is 0 Å². The minimum absolute atomic E-state index is 0.00593. The number of halogens is 2. The first-order valence-electron chi connectivity index (χ1n) is 10.5. The van der Waals surface area contributed by atoms with Gasteiger partial charge in [-0.2, -0.15) is 10.2 Å². The quantitative estimate of drug-likeness (QED) is 0.350. The smallest absolute Gasteiger partial charge is 0.242 e. The summed E-state index contributed by atoms with van der Waals surface area (Å²) in [4.78, 5) is 8.14. The molecule has 2 aromatic carbocycles. The van der Waals surface area contributed by atoms with Crippen LogP contribution in [0.3, 0.4) is 0 Å². The van der Waals surface area contributed by atoms with Gasteiger partial charge >= 0.3 is 0 Å². The molecule has 184 valence electrons. The van der Waals surface area contributed by atoms with Gasteiger partial charge in [-0.1, -0.05) is 37.6 Å². The predicted molar refractivity (Wildman–Crippen MR) is 136 cm³/mol. The summed E-state index contributed by atoms with van der Waals surface area (Å²) in [6.07, 6.45) is 2.49. The molecule has 0 radical (unpaired) electrons. The average Bonchev–Trinajstić information content (AvgIpc) is 2.82. The fourth-order valence-electron chi connectivity index (χ4n) is 3.24. The molecule has 11 heteroatoms. The van der Waals surface area contributed by atoms with E-state index in [0.717, 1.165) is 21.7 Å². The third kappa shape index (κ3) is 6.14. The summed E-state index contributed by atoms with van der Waals surface area (Å²) in [5.74, 6) is 1.33. The fourth-order valence-corrected chi connectivity index (χ4v) is 3.98. The highest BCUT2D eigenvalue weighted by Gasteiger charge is 2.26. The van der Waals surface area contributed by atoms with Crippen molar-refractivity contribution in [1.82, 2.24) is 9.97 Å². The first-order chi connectivity index (χ1) is 16.5. The molecule has 8 nitrogen and oxygen atoms in total. The Kier molecular flexibility index (Phi) is 8.11. The van der Waals surface area contributed by atoms with Gasteiger partial charge < -0.3 is 9.47 Å². The number of nitrogens with zero attached hydrogens (tertiary/aromatic N) is 4. The lowest BCUT2D eigenvalue weighted by Gasteiger charge is -2.27. The van der Waals surface area contributed by atoms with Crippen LogP contribution in [0, 0.1) is 11.3 Å². The number of sulfonamides is 1. The van der Waals surface area contributed by atoms with E-state index in [9.17, 15) is 13.7 Å². The molecule has 0 saturated carbocycles. The summed E-state index contributed by atoms with van der Waals surface area (Å²) in [5, 5.41) is 9.94. The minimum atomic E-state index is -3.50. The number of nitriles is 1. The van der Waals surface area contributed by atoms with Gasteiger partial charge in [0.2, 0.25) is 21.9 Å². The second kappa shape index (κ2) is 10.7. The first-order valence-corrected chi connectivity index (χ1v) is 13.2. The van der Waals surface area contributed by atoms with Crippen LogP contribution >= 0.6 is 23.2 Å². The zero-order valence-electron chi connectivity index (χ0n) is 19.6. The molecule has 0 spiro atoms. The lowest BCUT2D eigenvalue weighted by atomic mass is 9.77. The van der Waals surface area contributed by atoms with Gasteiger partial charge in [0.15, 0.2) is 5.75 Å². The van der Waals surface area contributed by atoms with E-state index in [2.05, 4.69) is 16.0 Å². The van der Waals surface area contributed by atoms with Gasteiger partial charge in [0, 0.05) is 24.7 Å². The van der Waals surface area contributed by atoms with Crippen molar-refractivity contribution >= 4 is 39.2 Å². The van der Waals surface area contributed by atoms with Gasteiger partial charge in [-0.05, 0) is 35.4 Å². The Hall–Kier alpha value is -3.06. The standard InChI is InChI=1S/C24H24Cl2N4O4S/c1-24(2,18-13-16(15-27)22(20(26)14-18)33-12-10-25)17-5-7-19(8-6-17)34-21-9-11-28-23(29-21)30(3)35(4,31)32/h5-9,11,13-14H,10,12H2,1-4H3. The molecule has 35 heavy (non-hydrogen) atoms. The van der Waals surface area contributed by atoms with Crippen molar-refractivity contribution in [3.05, 3.63) is 70.4 Å². The monoisotopic (exact) mass is 534 g/mol. The van der Waals surface area contributed by atoms with Crippen LogP contribution in [0.5, 0.6) is 17.4 Å². The summed E-state index contributed by atoms with van der Waals surface area (Å²) >= 11 is 12.1. The SMILES string of the molecule is CN(c1nccc(Oc2ccc(C(C)(C)c3cc(Cl)c(OCCCl)c(C#N)c3)cc2)n1)S(C)(=O)=O. The molecule has 0 N–H and O–H groups in total. The number of aromatic nitrogens is 2. The number of benzene rings is 2. The van der Waals surface area contributed by atoms with E-state index < -0.39 is 15.4 Å². The Morgan fingerprint density at radius 3 is 2.43 bits per heavy atom. The van der Waals surface area contributed by atoms with Crippen molar-refractivity contribution in [3.8, 4) is 23.4 Å². The maximum absolute atomic E-state index is 11.7. The van der Waals surface area contributed by atoms with Crippen LogP contribution in [0.1, 0.15) is 30.5 Å². The number of anilines is 1. The van der Waals surface area contributed by atoms with Gasteiger partial charge in [0.05, 0.1) is 22.7 Å². The number of rotatable bonds is 9. The van der Waals surface area contributed by atoms with Crippen LogP contribution in [0.4, 0.5) is 5.95 Å². The topological polar surface area (TPSA) is 105 Å². The fraction of sp³-hybridized carbons (Fsp3) is 0.292. The zero-order valence-corrected chi connectivity index (χ0v) is 21.9. The van der Waals surface area contributed by atoms with Crippen LogP contribution < -0.4 is 13.8 Å². The van der Waals surface area contributed by atoms with Crippen molar-refractivity contribution < 1.29 is 17.9 Å². The molecule has 0 saturated heterocycles.